The van der Waals surface area contributed by atoms with Crippen LogP contribution in [0.15, 0.2) is 30.3 Å². The van der Waals surface area contributed by atoms with Crippen LogP contribution in [0.5, 0.6) is 5.75 Å². The van der Waals surface area contributed by atoms with Crippen molar-refractivity contribution in [3.63, 3.8) is 0 Å². The van der Waals surface area contributed by atoms with Crippen LogP contribution in [0.4, 0.5) is 0 Å². The zero-order chi connectivity index (χ0) is 15.8. The molecule has 7 heteroatoms. The van der Waals surface area contributed by atoms with Gasteiger partial charge in [-0.3, -0.25) is 14.4 Å². The summed E-state index contributed by atoms with van der Waals surface area (Å²) in [7, 11) is 0. The molecule has 1 aromatic rings. The van der Waals surface area contributed by atoms with Crippen molar-refractivity contribution < 1.29 is 19.1 Å². The molecule has 1 aliphatic rings. The van der Waals surface area contributed by atoms with Crippen molar-refractivity contribution >= 4 is 17.7 Å². The van der Waals surface area contributed by atoms with Gasteiger partial charge >= 0.3 is 0 Å². The third kappa shape index (κ3) is 6.25. The number of ether oxygens (including phenoxy) is 1. The molecule has 0 radical (unpaired) electrons. The molecule has 3 N–H and O–H groups in total. The first-order valence-electron chi connectivity index (χ1n) is 7.14. The van der Waals surface area contributed by atoms with Crippen LogP contribution < -0.4 is 20.7 Å². The van der Waals surface area contributed by atoms with Crippen LogP contribution in [0.3, 0.4) is 0 Å². The number of hydrogen-bond acceptors (Lipinski definition) is 4. The third-order valence-electron chi connectivity index (χ3n) is 2.95. The van der Waals surface area contributed by atoms with Crippen LogP contribution in [0, 0.1) is 0 Å². The van der Waals surface area contributed by atoms with Crippen LogP contribution >= 0.6 is 0 Å². The van der Waals surface area contributed by atoms with Crippen molar-refractivity contribution in [1.82, 2.24) is 16.0 Å². The lowest BCUT2D eigenvalue weighted by Crippen LogP contribution is -2.43. The highest BCUT2D eigenvalue weighted by Gasteiger charge is 2.23. The van der Waals surface area contributed by atoms with Gasteiger partial charge in [0.05, 0.1) is 13.1 Å². The molecule has 1 saturated carbocycles. The Morgan fingerprint density at radius 2 is 1.59 bits per heavy atom. The highest BCUT2D eigenvalue weighted by Crippen LogP contribution is 2.18. The number of rotatable bonds is 8. The lowest BCUT2D eigenvalue weighted by atomic mass is 10.3. The average Bonchev–Trinajstić information content (AvgIpc) is 3.34. The Labute approximate surface area is 128 Å². The Morgan fingerprint density at radius 1 is 0.955 bits per heavy atom. The normalized spacial score (nSPS) is 13.1. The smallest absolute Gasteiger partial charge is 0.258 e. The molecule has 0 unspecified atom stereocenters. The van der Waals surface area contributed by atoms with E-state index in [1.807, 2.05) is 6.07 Å². The van der Waals surface area contributed by atoms with Gasteiger partial charge in [-0.05, 0) is 25.0 Å². The Kier molecular flexibility index (Phi) is 5.76. The van der Waals surface area contributed by atoms with Gasteiger partial charge in [0.2, 0.25) is 11.8 Å². The summed E-state index contributed by atoms with van der Waals surface area (Å²) in [5, 5.41) is 7.61. The van der Waals surface area contributed by atoms with E-state index in [1.165, 1.54) is 0 Å². The van der Waals surface area contributed by atoms with Crippen LogP contribution in [0.25, 0.3) is 0 Å². The van der Waals surface area contributed by atoms with Gasteiger partial charge < -0.3 is 20.7 Å². The molecule has 0 saturated heterocycles. The summed E-state index contributed by atoms with van der Waals surface area (Å²) in [6, 6.07) is 9.17. The number of hydrogen-bond donors (Lipinski definition) is 3. The van der Waals surface area contributed by atoms with E-state index >= 15 is 0 Å². The van der Waals surface area contributed by atoms with Gasteiger partial charge in [-0.1, -0.05) is 18.2 Å². The molecule has 0 aliphatic heterocycles. The number of amides is 3. The summed E-state index contributed by atoms with van der Waals surface area (Å²) in [5.41, 5.74) is 0. The third-order valence-corrected chi connectivity index (χ3v) is 2.95. The van der Waals surface area contributed by atoms with Crippen LogP contribution in [-0.2, 0) is 14.4 Å². The van der Waals surface area contributed by atoms with Crippen molar-refractivity contribution in [3.8, 4) is 5.75 Å². The monoisotopic (exact) mass is 305 g/mol. The summed E-state index contributed by atoms with van der Waals surface area (Å²) >= 11 is 0. The standard InChI is InChI=1S/C15H19N3O4/c19-13(16-9-14(20)18-11-6-7-11)8-17-15(21)10-22-12-4-2-1-3-5-12/h1-5,11H,6-10H2,(H,16,19)(H,17,21)(H,18,20). The molecular formula is C15H19N3O4. The number of carbonyl (C=O) groups excluding carboxylic acids is 3. The maximum atomic E-state index is 11.5. The number of carbonyl (C=O) groups is 3. The maximum Gasteiger partial charge on any atom is 0.258 e. The minimum atomic E-state index is -0.418. The molecule has 3 amide bonds. The molecule has 22 heavy (non-hydrogen) atoms. The Bertz CT molecular complexity index is 529. The van der Waals surface area contributed by atoms with E-state index in [-0.39, 0.29) is 31.6 Å². The molecule has 1 fully saturated rings. The summed E-state index contributed by atoms with van der Waals surface area (Å²) in [5.74, 6) is -0.450. The summed E-state index contributed by atoms with van der Waals surface area (Å²) in [6.07, 6.45) is 1.99. The largest absolute Gasteiger partial charge is 0.484 e. The van der Waals surface area contributed by atoms with E-state index in [1.54, 1.807) is 24.3 Å². The molecule has 0 atom stereocenters. The van der Waals surface area contributed by atoms with Gasteiger partial charge in [0.15, 0.2) is 6.61 Å². The lowest BCUT2D eigenvalue weighted by molar-refractivity contribution is -0.128. The summed E-state index contributed by atoms with van der Waals surface area (Å²) in [6.45, 7) is -0.432. The Hall–Kier alpha value is -2.57. The highest BCUT2D eigenvalue weighted by molar-refractivity contribution is 5.88. The molecule has 0 aromatic heterocycles. The predicted octanol–water partition coefficient (Wildman–Crippen LogP) is -0.424. The van der Waals surface area contributed by atoms with Crippen molar-refractivity contribution in [2.75, 3.05) is 19.7 Å². The van der Waals surface area contributed by atoms with E-state index in [0.29, 0.717) is 5.75 Å². The quantitative estimate of drug-likeness (QED) is 0.607. The minimum Gasteiger partial charge on any atom is -0.484 e. The van der Waals surface area contributed by atoms with Crippen LogP contribution in [-0.4, -0.2) is 43.5 Å². The van der Waals surface area contributed by atoms with E-state index in [0.717, 1.165) is 12.8 Å². The van der Waals surface area contributed by atoms with Crippen LogP contribution in [0.1, 0.15) is 12.8 Å². The molecule has 118 valence electrons. The lowest BCUT2D eigenvalue weighted by Gasteiger charge is -2.08. The molecule has 0 heterocycles. The SMILES string of the molecule is O=C(CNC(=O)COc1ccccc1)NCC(=O)NC1CC1. The van der Waals surface area contributed by atoms with Crippen molar-refractivity contribution in [1.29, 1.82) is 0 Å². The van der Waals surface area contributed by atoms with Crippen LogP contribution in [0.2, 0.25) is 0 Å². The van der Waals surface area contributed by atoms with E-state index in [9.17, 15) is 14.4 Å². The van der Waals surface area contributed by atoms with Gasteiger partial charge in [-0.15, -0.1) is 0 Å². The second-order valence-corrected chi connectivity index (χ2v) is 5.00. The molecule has 0 bridgehead atoms. The van der Waals surface area contributed by atoms with E-state index in [4.69, 9.17) is 4.74 Å². The number of para-hydroxylation sites is 1. The second-order valence-electron chi connectivity index (χ2n) is 5.00. The van der Waals surface area contributed by atoms with Gasteiger partial charge in [0.1, 0.15) is 5.75 Å². The first-order chi connectivity index (χ1) is 10.6. The average molecular weight is 305 g/mol. The van der Waals surface area contributed by atoms with Gasteiger partial charge in [0, 0.05) is 6.04 Å². The molecule has 1 aliphatic carbocycles. The number of benzene rings is 1. The van der Waals surface area contributed by atoms with E-state index < -0.39 is 11.8 Å². The van der Waals surface area contributed by atoms with Gasteiger partial charge in [-0.2, -0.15) is 0 Å². The molecule has 2 rings (SSSR count). The second kappa shape index (κ2) is 8.02. The zero-order valence-electron chi connectivity index (χ0n) is 12.1. The molecular weight excluding hydrogens is 286 g/mol. The molecule has 7 nitrogen and oxygen atoms in total. The molecule has 1 aromatic carbocycles. The fourth-order valence-corrected chi connectivity index (χ4v) is 1.64. The van der Waals surface area contributed by atoms with E-state index in [2.05, 4.69) is 16.0 Å². The van der Waals surface area contributed by atoms with Crippen molar-refractivity contribution in [2.45, 2.75) is 18.9 Å². The highest BCUT2D eigenvalue weighted by atomic mass is 16.5. The zero-order valence-corrected chi connectivity index (χ0v) is 12.1. The fourth-order valence-electron chi connectivity index (χ4n) is 1.64. The minimum absolute atomic E-state index is 0.0777. The predicted molar refractivity (Wildman–Crippen MR) is 79.1 cm³/mol. The van der Waals surface area contributed by atoms with Crippen molar-refractivity contribution in [3.05, 3.63) is 30.3 Å². The molecule has 0 spiro atoms. The fraction of sp³-hybridized carbons (Fsp3) is 0.400. The Morgan fingerprint density at radius 3 is 2.27 bits per heavy atom. The van der Waals surface area contributed by atoms with Crippen molar-refractivity contribution in [2.24, 2.45) is 0 Å². The number of nitrogens with one attached hydrogen (secondary N) is 3. The van der Waals surface area contributed by atoms with Gasteiger partial charge in [0.25, 0.3) is 5.91 Å². The Balaban J connectivity index is 1.55. The summed E-state index contributed by atoms with van der Waals surface area (Å²) < 4.78 is 5.24. The topological polar surface area (TPSA) is 96.5 Å². The summed E-state index contributed by atoms with van der Waals surface area (Å²) in [4.78, 5) is 34.4. The first kappa shape index (κ1) is 15.8. The maximum absolute atomic E-state index is 11.5. The van der Waals surface area contributed by atoms with Gasteiger partial charge in [-0.25, -0.2) is 0 Å². The first-order valence-corrected chi connectivity index (χ1v) is 7.14.